The third-order valence-electron chi connectivity index (χ3n) is 4.62. The Hall–Kier alpha value is -1.04. The van der Waals surface area contributed by atoms with E-state index in [4.69, 9.17) is 15.5 Å². The summed E-state index contributed by atoms with van der Waals surface area (Å²) in [7, 11) is 0. The molecule has 1 fully saturated rings. The van der Waals surface area contributed by atoms with Crippen molar-refractivity contribution >= 4 is 0 Å². The van der Waals surface area contributed by atoms with Crippen LogP contribution in [-0.2, 0) is 11.2 Å². The first-order valence-electron chi connectivity index (χ1n) is 7.94. The van der Waals surface area contributed by atoms with Crippen molar-refractivity contribution in [2.75, 3.05) is 26.2 Å². The molecule has 0 saturated carbocycles. The summed E-state index contributed by atoms with van der Waals surface area (Å²) in [6, 6.07) is 0.0530. The summed E-state index contributed by atoms with van der Waals surface area (Å²) in [5, 5.41) is 0. The molecule has 2 atom stereocenters. The second-order valence-corrected chi connectivity index (χ2v) is 7.03. The molecule has 116 valence electrons. The predicted octanol–water partition coefficient (Wildman–Crippen LogP) is 1.84. The van der Waals surface area contributed by atoms with Gasteiger partial charge in [-0.05, 0) is 24.8 Å². The van der Waals surface area contributed by atoms with Gasteiger partial charge in [-0.1, -0.05) is 20.8 Å². The van der Waals surface area contributed by atoms with E-state index in [1.54, 1.807) is 0 Å². The zero-order valence-corrected chi connectivity index (χ0v) is 13.3. The van der Waals surface area contributed by atoms with Gasteiger partial charge in [0.15, 0.2) is 5.82 Å². The molecule has 1 saturated heterocycles. The smallest absolute Gasteiger partial charge is 0.158 e. The van der Waals surface area contributed by atoms with Gasteiger partial charge in [0.05, 0.1) is 6.61 Å². The molecule has 1 aliphatic carbocycles. The number of rotatable bonds is 2. The van der Waals surface area contributed by atoms with Crippen LogP contribution in [0.25, 0.3) is 0 Å². The number of hydrogen-bond acceptors (Lipinski definition) is 5. The number of fused-ring (bicyclic) bond motifs is 1. The van der Waals surface area contributed by atoms with Crippen LogP contribution in [0.5, 0.6) is 0 Å². The Bertz CT molecular complexity index is 517. The first-order chi connectivity index (χ1) is 9.98. The predicted molar refractivity (Wildman–Crippen MR) is 81.9 cm³/mol. The van der Waals surface area contributed by atoms with E-state index >= 15 is 0 Å². The van der Waals surface area contributed by atoms with E-state index < -0.39 is 0 Å². The van der Waals surface area contributed by atoms with Gasteiger partial charge in [-0.2, -0.15) is 0 Å². The monoisotopic (exact) mass is 290 g/mol. The molecule has 0 aromatic carbocycles. The lowest BCUT2D eigenvalue weighted by Crippen LogP contribution is -2.39. The maximum absolute atomic E-state index is 6.27. The van der Waals surface area contributed by atoms with Crippen LogP contribution in [0.4, 0.5) is 0 Å². The number of hydrogen-bond donors (Lipinski definition) is 1. The van der Waals surface area contributed by atoms with Crippen molar-refractivity contribution in [2.24, 2.45) is 11.1 Å². The number of likely N-dealkylation sites (N-methyl/N-ethyl adjacent to an activating group) is 1. The summed E-state index contributed by atoms with van der Waals surface area (Å²) >= 11 is 0. The molecule has 1 aromatic rings. The van der Waals surface area contributed by atoms with Crippen molar-refractivity contribution in [1.82, 2.24) is 14.9 Å². The molecule has 1 aliphatic heterocycles. The van der Waals surface area contributed by atoms with Crippen LogP contribution in [0.3, 0.4) is 0 Å². The molecule has 5 heteroatoms. The number of aromatic nitrogens is 2. The van der Waals surface area contributed by atoms with E-state index in [2.05, 4.69) is 30.7 Å². The molecule has 0 bridgehead atoms. The normalized spacial score (nSPS) is 29.1. The van der Waals surface area contributed by atoms with E-state index in [-0.39, 0.29) is 17.6 Å². The zero-order chi connectivity index (χ0) is 15.0. The van der Waals surface area contributed by atoms with Crippen LogP contribution in [0, 0.1) is 5.41 Å². The molecule has 0 amide bonds. The van der Waals surface area contributed by atoms with Gasteiger partial charge in [-0.3, -0.25) is 4.90 Å². The Morgan fingerprint density at radius 3 is 3.05 bits per heavy atom. The standard InChI is InChI=1S/C16H26N4O/c1-4-20-5-6-21-14(10-20)15-18-9-11-12(17)7-16(2,3)8-13(11)19-15/h9,12,14H,4-8,10,17H2,1-3H3. The minimum absolute atomic E-state index is 0.00902. The molecule has 3 rings (SSSR count). The average Bonchev–Trinajstić information content (AvgIpc) is 2.45. The Morgan fingerprint density at radius 2 is 2.29 bits per heavy atom. The number of nitrogens with zero attached hydrogens (tertiary/aromatic N) is 3. The highest BCUT2D eigenvalue weighted by molar-refractivity contribution is 5.26. The van der Waals surface area contributed by atoms with E-state index in [1.807, 2.05) is 6.20 Å². The van der Waals surface area contributed by atoms with Crippen LogP contribution < -0.4 is 5.73 Å². The quantitative estimate of drug-likeness (QED) is 0.900. The molecule has 5 nitrogen and oxygen atoms in total. The lowest BCUT2D eigenvalue weighted by Gasteiger charge is -2.35. The van der Waals surface area contributed by atoms with Gasteiger partial charge in [-0.15, -0.1) is 0 Å². The third-order valence-corrected chi connectivity index (χ3v) is 4.62. The van der Waals surface area contributed by atoms with Gasteiger partial charge in [-0.25, -0.2) is 9.97 Å². The maximum atomic E-state index is 6.27. The Morgan fingerprint density at radius 1 is 1.48 bits per heavy atom. The van der Waals surface area contributed by atoms with E-state index in [0.717, 1.165) is 56.2 Å². The molecule has 2 unspecified atom stereocenters. The van der Waals surface area contributed by atoms with Crippen LogP contribution >= 0.6 is 0 Å². The average molecular weight is 290 g/mol. The molecule has 2 heterocycles. The molecule has 1 aromatic heterocycles. The lowest BCUT2D eigenvalue weighted by molar-refractivity contribution is -0.0328. The lowest BCUT2D eigenvalue weighted by atomic mass is 9.74. The van der Waals surface area contributed by atoms with Crippen molar-refractivity contribution in [3.05, 3.63) is 23.3 Å². The fraction of sp³-hybridized carbons (Fsp3) is 0.750. The summed E-state index contributed by atoms with van der Waals surface area (Å²) in [5.41, 5.74) is 8.71. The summed E-state index contributed by atoms with van der Waals surface area (Å²) < 4.78 is 5.87. The summed E-state index contributed by atoms with van der Waals surface area (Å²) in [6.45, 7) is 10.4. The van der Waals surface area contributed by atoms with Gasteiger partial charge in [0.25, 0.3) is 0 Å². The van der Waals surface area contributed by atoms with Crippen LogP contribution in [0.2, 0.25) is 0 Å². The fourth-order valence-electron chi connectivity index (χ4n) is 3.43. The van der Waals surface area contributed by atoms with E-state index in [0.29, 0.717) is 0 Å². The van der Waals surface area contributed by atoms with E-state index in [9.17, 15) is 0 Å². The molecular formula is C16H26N4O. The minimum atomic E-state index is -0.00902. The Kier molecular flexibility index (Phi) is 3.99. The van der Waals surface area contributed by atoms with Crippen molar-refractivity contribution in [3.63, 3.8) is 0 Å². The van der Waals surface area contributed by atoms with Crippen molar-refractivity contribution < 1.29 is 4.74 Å². The third kappa shape index (κ3) is 3.10. The highest BCUT2D eigenvalue weighted by Crippen LogP contribution is 2.38. The molecule has 2 N–H and O–H groups in total. The highest BCUT2D eigenvalue weighted by atomic mass is 16.5. The van der Waals surface area contributed by atoms with Crippen molar-refractivity contribution in [2.45, 2.75) is 45.8 Å². The molecule has 0 spiro atoms. The van der Waals surface area contributed by atoms with Crippen LogP contribution in [0.15, 0.2) is 6.20 Å². The van der Waals surface area contributed by atoms with E-state index in [1.165, 1.54) is 0 Å². The molecule has 21 heavy (non-hydrogen) atoms. The first-order valence-corrected chi connectivity index (χ1v) is 7.94. The number of morpholine rings is 1. The van der Waals surface area contributed by atoms with Gasteiger partial charge < -0.3 is 10.5 Å². The maximum Gasteiger partial charge on any atom is 0.158 e. The Balaban J connectivity index is 1.85. The summed E-state index contributed by atoms with van der Waals surface area (Å²) in [5.74, 6) is 0.816. The summed E-state index contributed by atoms with van der Waals surface area (Å²) in [6.07, 6.45) is 3.87. The fourth-order valence-corrected chi connectivity index (χ4v) is 3.43. The van der Waals surface area contributed by atoms with Gasteiger partial charge in [0.2, 0.25) is 0 Å². The van der Waals surface area contributed by atoms with Crippen molar-refractivity contribution in [1.29, 1.82) is 0 Å². The Labute approximate surface area is 126 Å². The molecular weight excluding hydrogens is 264 g/mol. The first kappa shape index (κ1) is 14.9. The highest BCUT2D eigenvalue weighted by Gasteiger charge is 2.33. The molecule has 2 aliphatic rings. The topological polar surface area (TPSA) is 64.3 Å². The van der Waals surface area contributed by atoms with Gasteiger partial charge in [0.1, 0.15) is 6.10 Å². The van der Waals surface area contributed by atoms with Gasteiger partial charge in [0, 0.05) is 36.6 Å². The zero-order valence-electron chi connectivity index (χ0n) is 13.3. The second-order valence-electron chi connectivity index (χ2n) is 7.03. The van der Waals surface area contributed by atoms with Crippen LogP contribution in [-0.4, -0.2) is 41.1 Å². The molecule has 0 radical (unpaired) electrons. The summed E-state index contributed by atoms with van der Waals surface area (Å²) in [4.78, 5) is 11.7. The van der Waals surface area contributed by atoms with Crippen molar-refractivity contribution in [3.8, 4) is 0 Å². The largest absolute Gasteiger partial charge is 0.368 e. The van der Waals surface area contributed by atoms with Crippen LogP contribution in [0.1, 0.15) is 56.4 Å². The minimum Gasteiger partial charge on any atom is -0.368 e. The van der Waals surface area contributed by atoms with Gasteiger partial charge >= 0.3 is 0 Å². The second kappa shape index (κ2) is 5.63. The number of ether oxygens (including phenoxy) is 1. The SMILES string of the molecule is CCN1CCOC(c2ncc3c(n2)CC(C)(C)CC3N)C1. The number of nitrogens with two attached hydrogens (primary N) is 1.